The van der Waals surface area contributed by atoms with Crippen molar-refractivity contribution in [1.29, 1.82) is 0 Å². The van der Waals surface area contributed by atoms with Crippen LogP contribution in [0.4, 0.5) is 0 Å². The fraction of sp³-hybridized carbons (Fsp3) is 0.941. The van der Waals surface area contributed by atoms with Gasteiger partial charge in [-0.05, 0) is 44.9 Å². The van der Waals surface area contributed by atoms with Crippen molar-refractivity contribution in [2.75, 3.05) is 19.7 Å². The Labute approximate surface area is 151 Å². The van der Waals surface area contributed by atoms with Crippen molar-refractivity contribution >= 4 is 29.9 Å². The summed E-state index contributed by atoms with van der Waals surface area (Å²) in [7, 11) is 0. The predicted octanol–water partition coefficient (Wildman–Crippen LogP) is 2.92. The zero-order valence-electron chi connectivity index (χ0n) is 13.6. The van der Waals surface area contributed by atoms with Crippen LogP contribution in [0.3, 0.4) is 0 Å². The maximum absolute atomic E-state index is 6.07. The number of halogens is 1. The summed E-state index contributed by atoms with van der Waals surface area (Å²) in [6.07, 6.45) is 9.93. The quantitative estimate of drug-likeness (QED) is 0.419. The second-order valence-electron chi connectivity index (χ2n) is 7.47. The van der Waals surface area contributed by atoms with Gasteiger partial charge in [-0.2, -0.15) is 0 Å². The highest BCUT2D eigenvalue weighted by Gasteiger charge is 2.65. The van der Waals surface area contributed by atoms with E-state index in [1.807, 2.05) is 0 Å². The number of nitrogens with zero attached hydrogens (tertiary/aromatic N) is 1. The molecule has 3 unspecified atom stereocenters. The summed E-state index contributed by atoms with van der Waals surface area (Å²) < 4.78 is 6.07. The molecule has 4 fully saturated rings. The smallest absolute Gasteiger partial charge is 0.191 e. The monoisotopic (exact) mass is 419 g/mol. The van der Waals surface area contributed by atoms with Gasteiger partial charge in [0.1, 0.15) is 0 Å². The average molecular weight is 419 g/mol. The van der Waals surface area contributed by atoms with Gasteiger partial charge in [0, 0.05) is 37.1 Å². The number of guanidine groups is 1. The lowest BCUT2D eigenvalue weighted by molar-refractivity contribution is -0.125. The minimum Gasteiger partial charge on any atom is -0.377 e. The van der Waals surface area contributed by atoms with Crippen LogP contribution in [0.1, 0.15) is 51.9 Å². The van der Waals surface area contributed by atoms with Gasteiger partial charge in [-0.15, -0.1) is 24.0 Å². The summed E-state index contributed by atoms with van der Waals surface area (Å²) >= 11 is 0. The van der Waals surface area contributed by atoms with E-state index in [1.165, 1.54) is 44.9 Å². The molecule has 2 N–H and O–H groups in total. The Hall–Kier alpha value is -0.0400. The van der Waals surface area contributed by atoms with Crippen molar-refractivity contribution in [3.63, 3.8) is 0 Å². The van der Waals surface area contributed by atoms with Gasteiger partial charge in [-0.3, -0.25) is 4.99 Å². The van der Waals surface area contributed by atoms with E-state index in [1.54, 1.807) is 0 Å². The molecule has 4 rings (SSSR count). The standard InChI is InChI=1S/C17H29N3O.HI/c1-2-18-16(19-11-12-5-6-12)20-14-13-7-10-21-15(13)17(14)8-3-4-9-17;/h12-15H,2-11H2,1H3,(H2,18,19,20);1H. The van der Waals surface area contributed by atoms with E-state index in [9.17, 15) is 0 Å². The summed E-state index contributed by atoms with van der Waals surface area (Å²) in [5.74, 6) is 2.61. The van der Waals surface area contributed by atoms with Crippen LogP contribution in [0.25, 0.3) is 0 Å². The number of fused-ring (bicyclic) bond motifs is 2. The number of hydrogen-bond donors (Lipinski definition) is 2. The zero-order valence-corrected chi connectivity index (χ0v) is 16.0. The lowest BCUT2D eigenvalue weighted by Crippen LogP contribution is -2.69. The first-order chi connectivity index (χ1) is 10.3. The first-order valence-corrected chi connectivity index (χ1v) is 9.00. The van der Waals surface area contributed by atoms with E-state index < -0.39 is 0 Å². The van der Waals surface area contributed by atoms with Gasteiger partial charge in [-0.1, -0.05) is 12.8 Å². The SMILES string of the molecule is CCNC(=NCC1CC1)NC1C2CCOC2C12CCCC2.I. The highest BCUT2D eigenvalue weighted by molar-refractivity contribution is 14.0. The second-order valence-corrected chi connectivity index (χ2v) is 7.47. The first kappa shape index (κ1) is 16.8. The molecular weight excluding hydrogens is 389 g/mol. The largest absolute Gasteiger partial charge is 0.377 e. The summed E-state index contributed by atoms with van der Waals surface area (Å²) in [4.78, 5) is 4.82. The fourth-order valence-corrected chi connectivity index (χ4v) is 4.89. The molecule has 126 valence electrons. The van der Waals surface area contributed by atoms with Crippen molar-refractivity contribution in [3.05, 3.63) is 0 Å². The minimum absolute atomic E-state index is 0. The molecule has 0 aromatic rings. The molecule has 0 amide bonds. The molecule has 0 aromatic carbocycles. The Morgan fingerprint density at radius 3 is 2.68 bits per heavy atom. The number of rotatable bonds is 4. The Balaban J connectivity index is 0.00000144. The van der Waals surface area contributed by atoms with Gasteiger partial charge in [0.25, 0.3) is 0 Å². The van der Waals surface area contributed by atoms with Crippen LogP contribution in [-0.4, -0.2) is 37.8 Å². The average Bonchev–Trinajstić information content (AvgIpc) is 3.01. The molecule has 1 spiro atoms. The van der Waals surface area contributed by atoms with E-state index in [-0.39, 0.29) is 24.0 Å². The Morgan fingerprint density at radius 2 is 2.00 bits per heavy atom. The van der Waals surface area contributed by atoms with E-state index in [4.69, 9.17) is 9.73 Å². The van der Waals surface area contributed by atoms with Gasteiger partial charge in [-0.25, -0.2) is 0 Å². The molecule has 1 saturated heterocycles. The lowest BCUT2D eigenvalue weighted by Gasteiger charge is -2.57. The maximum Gasteiger partial charge on any atom is 0.191 e. The highest BCUT2D eigenvalue weighted by Crippen LogP contribution is 2.60. The summed E-state index contributed by atoms with van der Waals surface area (Å²) in [5, 5.41) is 7.25. The lowest BCUT2D eigenvalue weighted by atomic mass is 9.54. The predicted molar refractivity (Wildman–Crippen MR) is 99.8 cm³/mol. The van der Waals surface area contributed by atoms with Crippen LogP contribution in [0.15, 0.2) is 4.99 Å². The van der Waals surface area contributed by atoms with Crippen LogP contribution in [0, 0.1) is 17.3 Å². The summed E-state index contributed by atoms with van der Waals surface area (Å²) in [5.41, 5.74) is 0.414. The molecule has 4 nitrogen and oxygen atoms in total. The van der Waals surface area contributed by atoms with E-state index in [2.05, 4.69) is 17.6 Å². The molecule has 0 bridgehead atoms. The number of ether oxygens (including phenoxy) is 1. The molecule has 1 heterocycles. The van der Waals surface area contributed by atoms with Crippen molar-refractivity contribution in [3.8, 4) is 0 Å². The topological polar surface area (TPSA) is 45.7 Å². The molecule has 3 saturated carbocycles. The third kappa shape index (κ3) is 2.87. The zero-order chi connectivity index (χ0) is 14.3. The van der Waals surface area contributed by atoms with Crippen molar-refractivity contribution in [1.82, 2.24) is 10.6 Å². The van der Waals surface area contributed by atoms with Crippen molar-refractivity contribution < 1.29 is 4.74 Å². The highest BCUT2D eigenvalue weighted by atomic mass is 127. The maximum atomic E-state index is 6.07. The molecule has 4 aliphatic rings. The van der Waals surface area contributed by atoms with Crippen LogP contribution >= 0.6 is 24.0 Å². The molecule has 5 heteroatoms. The van der Waals surface area contributed by atoms with Crippen LogP contribution in [-0.2, 0) is 4.74 Å². The van der Waals surface area contributed by atoms with E-state index in [0.29, 0.717) is 23.5 Å². The van der Waals surface area contributed by atoms with E-state index in [0.717, 1.165) is 31.6 Å². The van der Waals surface area contributed by atoms with Crippen molar-refractivity contribution in [2.24, 2.45) is 22.2 Å². The third-order valence-electron chi connectivity index (χ3n) is 6.13. The number of hydrogen-bond acceptors (Lipinski definition) is 2. The molecule has 0 aromatic heterocycles. The van der Waals surface area contributed by atoms with Crippen LogP contribution in [0.5, 0.6) is 0 Å². The number of aliphatic imine (C=N–C) groups is 1. The summed E-state index contributed by atoms with van der Waals surface area (Å²) in [6.45, 7) is 5.06. The third-order valence-corrected chi connectivity index (χ3v) is 6.13. The molecule has 1 aliphatic heterocycles. The molecule has 3 aliphatic carbocycles. The van der Waals surface area contributed by atoms with Crippen molar-refractivity contribution in [2.45, 2.75) is 64.0 Å². The number of nitrogens with one attached hydrogen (secondary N) is 2. The van der Waals surface area contributed by atoms with Gasteiger partial charge < -0.3 is 15.4 Å². The van der Waals surface area contributed by atoms with Gasteiger partial charge in [0.2, 0.25) is 0 Å². The Bertz CT molecular complexity index is 418. The van der Waals surface area contributed by atoms with Gasteiger partial charge in [0.05, 0.1) is 6.10 Å². The van der Waals surface area contributed by atoms with Crippen LogP contribution < -0.4 is 10.6 Å². The van der Waals surface area contributed by atoms with E-state index >= 15 is 0 Å². The molecule has 3 atom stereocenters. The summed E-state index contributed by atoms with van der Waals surface area (Å²) in [6, 6.07) is 0.588. The minimum atomic E-state index is 0. The molecular formula is C17H30IN3O. The van der Waals surface area contributed by atoms with Gasteiger partial charge in [0.15, 0.2) is 5.96 Å². The van der Waals surface area contributed by atoms with Gasteiger partial charge >= 0.3 is 0 Å². The Kier molecular flexibility index (Phi) is 5.22. The Morgan fingerprint density at radius 1 is 1.23 bits per heavy atom. The fourth-order valence-electron chi connectivity index (χ4n) is 4.89. The molecule has 0 radical (unpaired) electrons. The molecule has 22 heavy (non-hydrogen) atoms. The normalized spacial score (nSPS) is 35.7. The first-order valence-electron chi connectivity index (χ1n) is 9.00. The second kappa shape index (κ2) is 6.83. The van der Waals surface area contributed by atoms with Crippen LogP contribution in [0.2, 0.25) is 0 Å².